The molecule has 244 valence electrons. The van der Waals surface area contributed by atoms with Gasteiger partial charge in [0.1, 0.15) is 0 Å². The molecule has 0 radical (unpaired) electrons. The maximum atomic E-state index is 13.8. The minimum atomic E-state index is -5.20. The highest BCUT2D eigenvalue weighted by atomic mass is 19.4. The smallest absolute Gasteiger partial charge is 0.453 e. The molecular formula is C27H27F9N2O6. The van der Waals surface area contributed by atoms with Crippen LogP contribution in [0.5, 0.6) is 0 Å². The maximum absolute atomic E-state index is 13.8. The van der Waals surface area contributed by atoms with Crippen molar-refractivity contribution in [3.05, 3.63) is 64.2 Å². The first kappa shape index (κ1) is 34.6. The van der Waals surface area contributed by atoms with Crippen molar-refractivity contribution in [2.45, 2.75) is 63.5 Å². The SMILES string of the molecule is COC[C@@H]1C[C@H](N(Cc2cc(C(F)(F)F)cc(C(F)(F)F)c2)C(=O)OC)c2cc(C(F)(F)F)ccc2N1OC(=O)OC(C)C. The number of fused-ring (bicyclic) bond motifs is 1. The van der Waals surface area contributed by atoms with Crippen LogP contribution in [0.25, 0.3) is 0 Å². The first-order valence-corrected chi connectivity index (χ1v) is 12.8. The highest BCUT2D eigenvalue weighted by molar-refractivity contribution is 5.71. The molecule has 0 aromatic heterocycles. The molecule has 0 bridgehead atoms. The number of ether oxygens (including phenoxy) is 3. The Balaban J connectivity index is 2.21. The van der Waals surface area contributed by atoms with E-state index in [-0.39, 0.29) is 30.3 Å². The van der Waals surface area contributed by atoms with Crippen LogP contribution >= 0.6 is 0 Å². The Hall–Kier alpha value is -3.89. The van der Waals surface area contributed by atoms with E-state index in [4.69, 9.17) is 19.0 Å². The zero-order chi connectivity index (χ0) is 33.2. The van der Waals surface area contributed by atoms with Gasteiger partial charge in [0.25, 0.3) is 0 Å². The summed E-state index contributed by atoms with van der Waals surface area (Å²) in [6.45, 7) is 1.84. The predicted molar refractivity (Wildman–Crippen MR) is 134 cm³/mol. The molecule has 44 heavy (non-hydrogen) atoms. The lowest BCUT2D eigenvalue weighted by molar-refractivity contribution is -0.143. The van der Waals surface area contributed by atoms with E-state index in [1.165, 1.54) is 21.0 Å². The average Bonchev–Trinajstić information content (AvgIpc) is 2.90. The molecule has 2 aromatic carbocycles. The molecule has 1 amide bonds. The van der Waals surface area contributed by atoms with E-state index in [9.17, 15) is 49.1 Å². The highest BCUT2D eigenvalue weighted by Gasteiger charge is 2.43. The number of hydrogen-bond donors (Lipinski definition) is 0. The number of benzene rings is 2. The number of alkyl halides is 9. The van der Waals surface area contributed by atoms with Gasteiger partial charge >= 0.3 is 30.8 Å². The van der Waals surface area contributed by atoms with Crippen molar-refractivity contribution in [2.24, 2.45) is 0 Å². The molecule has 0 fully saturated rings. The standard InChI is InChI=1S/C27H27F9N2O6/c1-14(2)43-24(40)44-38-19(13-41-3)11-22(20-10-16(25(28,29)30)5-6-21(20)38)37(23(39)42-4)12-15-7-17(26(31,32)33)9-18(8-15)27(34,35)36/h5-10,14,19,22H,11-13H2,1-4H3/t19-,22-/m0/s1. The fraction of sp³-hybridized carbons (Fsp3) is 0.481. The molecule has 1 heterocycles. The van der Waals surface area contributed by atoms with E-state index < -0.39 is 77.8 Å². The number of carbonyl (C=O) groups is 2. The van der Waals surface area contributed by atoms with Crippen LogP contribution in [0.4, 0.5) is 54.8 Å². The van der Waals surface area contributed by atoms with Gasteiger partial charge in [-0.2, -0.15) is 44.6 Å². The lowest BCUT2D eigenvalue weighted by atomic mass is 9.89. The van der Waals surface area contributed by atoms with E-state index in [1.807, 2.05) is 0 Å². The summed E-state index contributed by atoms with van der Waals surface area (Å²) < 4.78 is 137. The molecule has 0 saturated heterocycles. The van der Waals surface area contributed by atoms with Gasteiger partial charge in [-0.3, -0.25) is 4.90 Å². The molecule has 2 atom stereocenters. The van der Waals surface area contributed by atoms with Crippen molar-refractivity contribution in [1.82, 2.24) is 4.90 Å². The quantitative estimate of drug-likeness (QED) is 0.225. The first-order valence-electron chi connectivity index (χ1n) is 12.8. The monoisotopic (exact) mass is 646 g/mol. The second-order valence-corrected chi connectivity index (χ2v) is 9.98. The number of halogens is 9. The van der Waals surface area contributed by atoms with Crippen LogP contribution in [-0.2, 0) is 44.1 Å². The second-order valence-electron chi connectivity index (χ2n) is 9.98. The number of rotatable bonds is 7. The lowest BCUT2D eigenvalue weighted by Crippen LogP contribution is -2.49. The molecule has 17 heteroatoms. The Kier molecular flexibility index (Phi) is 10.2. The number of hydrogen-bond acceptors (Lipinski definition) is 7. The summed E-state index contributed by atoms with van der Waals surface area (Å²) in [7, 11) is 2.13. The van der Waals surface area contributed by atoms with Crippen LogP contribution in [0.2, 0.25) is 0 Å². The normalized spacial score (nSPS) is 17.3. The molecule has 1 aliphatic rings. The zero-order valence-corrected chi connectivity index (χ0v) is 23.6. The van der Waals surface area contributed by atoms with Crippen LogP contribution in [-0.4, -0.2) is 50.1 Å². The van der Waals surface area contributed by atoms with Gasteiger partial charge in [-0.15, -0.1) is 0 Å². The number of amides is 1. The Morgan fingerprint density at radius 1 is 0.886 bits per heavy atom. The van der Waals surface area contributed by atoms with E-state index in [2.05, 4.69) is 0 Å². The third kappa shape index (κ3) is 8.18. The van der Waals surface area contributed by atoms with Crippen molar-refractivity contribution in [3.63, 3.8) is 0 Å². The highest BCUT2D eigenvalue weighted by Crippen LogP contribution is 2.45. The minimum absolute atomic E-state index is 0.0996. The summed E-state index contributed by atoms with van der Waals surface area (Å²) in [4.78, 5) is 31.4. The van der Waals surface area contributed by atoms with Crippen molar-refractivity contribution in [3.8, 4) is 0 Å². The van der Waals surface area contributed by atoms with Crippen LogP contribution in [0, 0.1) is 0 Å². The summed E-state index contributed by atoms with van der Waals surface area (Å²) in [6.07, 6.45) is -18.8. The fourth-order valence-electron chi connectivity index (χ4n) is 4.64. The molecular weight excluding hydrogens is 619 g/mol. The van der Waals surface area contributed by atoms with Gasteiger partial charge in [0.05, 0.1) is 54.3 Å². The topological polar surface area (TPSA) is 77.5 Å². The maximum Gasteiger partial charge on any atom is 0.533 e. The summed E-state index contributed by atoms with van der Waals surface area (Å²) in [6, 6.07) is 0.472. The molecule has 2 aromatic rings. The molecule has 3 rings (SSSR count). The predicted octanol–water partition coefficient (Wildman–Crippen LogP) is 7.75. The van der Waals surface area contributed by atoms with Gasteiger partial charge in [0.15, 0.2) is 0 Å². The summed E-state index contributed by atoms with van der Waals surface area (Å²) in [5, 5.41) is 0.918. The largest absolute Gasteiger partial charge is 0.533 e. The van der Waals surface area contributed by atoms with E-state index in [0.29, 0.717) is 29.2 Å². The second kappa shape index (κ2) is 13.0. The first-order chi connectivity index (χ1) is 20.3. The Morgan fingerprint density at radius 3 is 1.93 bits per heavy atom. The minimum Gasteiger partial charge on any atom is -0.453 e. The van der Waals surface area contributed by atoms with E-state index >= 15 is 0 Å². The molecule has 0 aliphatic carbocycles. The van der Waals surface area contributed by atoms with Gasteiger partial charge in [-0.25, -0.2) is 9.59 Å². The molecule has 0 unspecified atom stereocenters. The number of nitrogens with zero attached hydrogens (tertiary/aromatic N) is 2. The van der Waals surface area contributed by atoms with Crippen molar-refractivity contribution < 1.29 is 68.2 Å². The van der Waals surface area contributed by atoms with Crippen molar-refractivity contribution >= 4 is 17.9 Å². The fourth-order valence-corrected chi connectivity index (χ4v) is 4.64. The number of anilines is 1. The van der Waals surface area contributed by atoms with Crippen LogP contribution < -0.4 is 5.06 Å². The van der Waals surface area contributed by atoms with Crippen LogP contribution in [0.15, 0.2) is 36.4 Å². The van der Waals surface area contributed by atoms with Crippen LogP contribution in [0.1, 0.15) is 54.1 Å². The number of methoxy groups -OCH3 is 2. The Morgan fingerprint density at radius 2 is 1.45 bits per heavy atom. The Labute approximate surface area is 245 Å². The van der Waals surface area contributed by atoms with Crippen LogP contribution in [0.3, 0.4) is 0 Å². The summed E-state index contributed by atoms with van der Waals surface area (Å²) in [5.41, 5.74) is -5.61. The number of hydroxylamine groups is 1. The third-order valence-corrected chi connectivity index (χ3v) is 6.43. The van der Waals surface area contributed by atoms with Gasteiger partial charge in [0, 0.05) is 19.2 Å². The lowest BCUT2D eigenvalue weighted by Gasteiger charge is -2.43. The molecule has 8 nitrogen and oxygen atoms in total. The van der Waals surface area contributed by atoms with Gasteiger partial charge in [-0.05, 0) is 62.2 Å². The average molecular weight is 647 g/mol. The molecule has 0 N–H and O–H groups in total. The van der Waals surface area contributed by atoms with Gasteiger partial charge < -0.3 is 19.0 Å². The van der Waals surface area contributed by atoms with Gasteiger partial charge in [-0.1, -0.05) is 0 Å². The Bertz CT molecular complexity index is 1310. The van der Waals surface area contributed by atoms with Crippen molar-refractivity contribution in [1.29, 1.82) is 0 Å². The van der Waals surface area contributed by atoms with Crippen molar-refractivity contribution in [2.75, 3.05) is 25.9 Å². The molecule has 1 aliphatic heterocycles. The third-order valence-electron chi connectivity index (χ3n) is 6.43. The number of carbonyl (C=O) groups excluding carboxylic acids is 2. The summed E-state index contributed by atoms with van der Waals surface area (Å²) >= 11 is 0. The van der Waals surface area contributed by atoms with E-state index in [1.54, 1.807) is 0 Å². The molecule has 0 spiro atoms. The van der Waals surface area contributed by atoms with E-state index in [0.717, 1.165) is 18.2 Å². The summed E-state index contributed by atoms with van der Waals surface area (Å²) in [5.74, 6) is 0. The zero-order valence-electron chi connectivity index (χ0n) is 23.6. The molecule has 0 saturated carbocycles. The van der Waals surface area contributed by atoms with Gasteiger partial charge in [0.2, 0.25) is 0 Å².